The number of nitrogens with two attached hydrogens (primary N) is 1. The minimum Gasteiger partial charge on any atom is -0.474 e. The number of allylic oxidation sites excluding steroid dienone is 3. The zero-order valence-electron chi connectivity index (χ0n) is 15.3. The lowest BCUT2D eigenvalue weighted by Gasteiger charge is -2.15. The first-order valence-corrected chi connectivity index (χ1v) is 8.63. The number of rotatable bonds is 9. The number of amides is 2. The summed E-state index contributed by atoms with van der Waals surface area (Å²) in [5.74, 6) is -0.183. The van der Waals surface area contributed by atoms with Crippen LogP contribution in [0.3, 0.4) is 0 Å². The van der Waals surface area contributed by atoms with Gasteiger partial charge in [0.25, 0.3) is 5.91 Å². The first kappa shape index (κ1) is 19.4. The number of carbonyl (C=O) groups excluding carboxylic acids is 2. The number of carbonyl (C=O) groups is 2. The van der Waals surface area contributed by atoms with Gasteiger partial charge in [-0.2, -0.15) is 4.98 Å². The van der Waals surface area contributed by atoms with Crippen LogP contribution in [0.1, 0.15) is 50.4 Å². The first-order valence-electron chi connectivity index (χ1n) is 8.63. The number of aromatic nitrogens is 2. The van der Waals surface area contributed by atoms with Gasteiger partial charge in [-0.25, -0.2) is 4.98 Å². The van der Waals surface area contributed by atoms with Gasteiger partial charge in [0.2, 0.25) is 18.2 Å². The Kier molecular flexibility index (Phi) is 6.71. The van der Waals surface area contributed by atoms with Gasteiger partial charge in [0.15, 0.2) is 0 Å². The smallest absolute Gasteiger partial charge is 0.262 e. The number of nitrogen functional groups attached to an aromatic ring is 1. The Morgan fingerprint density at radius 3 is 2.88 bits per heavy atom. The van der Waals surface area contributed by atoms with Crippen molar-refractivity contribution < 1.29 is 14.3 Å². The van der Waals surface area contributed by atoms with E-state index in [1.54, 1.807) is 30.2 Å². The SMILES string of the molecule is CCC(C)Oc1nc(N)ncc1C(=O)N/C(C)=C/C=C\N(C=O)C1CC1. The van der Waals surface area contributed by atoms with Crippen LogP contribution >= 0.6 is 0 Å². The van der Waals surface area contributed by atoms with Gasteiger partial charge in [0, 0.05) is 24.1 Å². The van der Waals surface area contributed by atoms with Crippen LogP contribution in [0.5, 0.6) is 5.88 Å². The average Bonchev–Trinajstić information content (AvgIpc) is 3.43. The molecule has 26 heavy (non-hydrogen) atoms. The molecule has 1 atom stereocenters. The van der Waals surface area contributed by atoms with Gasteiger partial charge in [0.1, 0.15) is 5.56 Å². The zero-order valence-corrected chi connectivity index (χ0v) is 15.3. The molecule has 0 radical (unpaired) electrons. The fraction of sp³-hybridized carbons (Fsp3) is 0.444. The monoisotopic (exact) mass is 359 g/mol. The van der Waals surface area contributed by atoms with Gasteiger partial charge >= 0.3 is 0 Å². The number of hydrogen-bond acceptors (Lipinski definition) is 6. The summed E-state index contributed by atoms with van der Waals surface area (Å²) in [5.41, 5.74) is 6.42. The Balaban J connectivity index is 2.05. The molecular formula is C18H25N5O3. The van der Waals surface area contributed by atoms with Crippen molar-refractivity contribution in [3.8, 4) is 5.88 Å². The summed E-state index contributed by atoms with van der Waals surface area (Å²) in [6.07, 6.45) is 10.00. The van der Waals surface area contributed by atoms with E-state index < -0.39 is 0 Å². The van der Waals surface area contributed by atoms with E-state index in [0.29, 0.717) is 11.7 Å². The maximum Gasteiger partial charge on any atom is 0.262 e. The number of nitrogens with one attached hydrogen (secondary N) is 1. The van der Waals surface area contributed by atoms with Crippen LogP contribution < -0.4 is 15.8 Å². The molecule has 3 N–H and O–H groups in total. The molecule has 8 nitrogen and oxygen atoms in total. The topological polar surface area (TPSA) is 110 Å². The van der Waals surface area contributed by atoms with E-state index in [0.717, 1.165) is 25.7 Å². The van der Waals surface area contributed by atoms with E-state index in [4.69, 9.17) is 10.5 Å². The predicted molar refractivity (Wildman–Crippen MR) is 98.1 cm³/mol. The van der Waals surface area contributed by atoms with Gasteiger partial charge in [-0.15, -0.1) is 0 Å². The highest BCUT2D eigenvalue weighted by molar-refractivity contribution is 5.97. The Morgan fingerprint density at radius 2 is 2.27 bits per heavy atom. The number of hydrogen-bond donors (Lipinski definition) is 2. The summed E-state index contributed by atoms with van der Waals surface area (Å²) in [5, 5.41) is 2.75. The molecule has 1 aliphatic carbocycles. The Labute approximate surface area is 153 Å². The van der Waals surface area contributed by atoms with Gasteiger partial charge in [-0.05, 0) is 45.3 Å². The molecule has 0 aliphatic heterocycles. The number of nitrogens with zero attached hydrogens (tertiary/aromatic N) is 3. The molecule has 0 aromatic carbocycles. The molecule has 1 aromatic heterocycles. The molecule has 1 aromatic rings. The summed E-state index contributed by atoms with van der Waals surface area (Å²) >= 11 is 0. The average molecular weight is 359 g/mol. The zero-order chi connectivity index (χ0) is 19.1. The molecule has 0 bridgehead atoms. The maximum absolute atomic E-state index is 12.5. The summed E-state index contributed by atoms with van der Waals surface area (Å²) in [4.78, 5) is 32.9. The number of anilines is 1. The largest absolute Gasteiger partial charge is 0.474 e. The van der Waals surface area contributed by atoms with Gasteiger partial charge in [-0.1, -0.05) is 6.92 Å². The van der Waals surface area contributed by atoms with Crippen molar-refractivity contribution in [2.75, 3.05) is 5.73 Å². The second-order valence-corrected chi connectivity index (χ2v) is 6.21. The Morgan fingerprint density at radius 1 is 1.54 bits per heavy atom. The van der Waals surface area contributed by atoms with E-state index in [1.807, 2.05) is 13.8 Å². The molecule has 2 amide bonds. The lowest BCUT2D eigenvalue weighted by molar-refractivity contribution is -0.116. The highest BCUT2D eigenvalue weighted by Crippen LogP contribution is 2.25. The lowest BCUT2D eigenvalue weighted by atomic mass is 10.2. The Bertz CT molecular complexity index is 713. The van der Waals surface area contributed by atoms with Crippen molar-refractivity contribution in [3.63, 3.8) is 0 Å². The van der Waals surface area contributed by atoms with Crippen LogP contribution in [0.4, 0.5) is 5.95 Å². The van der Waals surface area contributed by atoms with E-state index in [2.05, 4.69) is 15.3 Å². The minimum absolute atomic E-state index is 0.0454. The van der Waals surface area contributed by atoms with Crippen LogP contribution in [0, 0.1) is 0 Å². The highest BCUT2D eigenvalue weighted by atomic mass is 16.5. The third-order valence-electron chi connectivity index (χ3n) is 3.91. The lowest BCUT2D eigenvalue weighted by Crippen LogP contribution is -2.24. The van der Waals surface area contributed by atoms with Crippen molar-refractivity contribution in [2.24, 2.45) is 0 Å². The van der Waals surface area contributed by atoms with E-state index in [9.17, 15) is 9.59 Å². The van der Waals surface area contributed by atoms with Crippen molar-refractivity contribution >= 4 is 18.3 Å². The summed E-state index contributed by atoms with van der Waals surface area (Å²) in [7, 11) is 0. The van der Waals surface area contributed by atoms with E-state index in [-0.39, 0.29) is 29.4 Å². The summed E-state index contributed by atoms with van der Waals surface area (Å²) in [6.45, 7) is 5.60. The van der Waals surface area contributed by atoms with E-state index >= 15 is 0 Å². The van der Waals surface area contributed by atoms with Crippen LogP contribution in [-0.2, 0) is 4.79 Å². The molecule has 1 heterocycles. The fourth-order valence-electron chi connectivity index (χ4n) is 2.09. The normalized spacial score (nSPS) is 15.6. The van der Waals surface area contributed by atoms with Crippen molar-refractivity contribution in [1.82, 2.24) is 20.2 Å². The molecule has 1 unspecified atom stereocenters. The highest BCUT2D eigenvalue weighted by Gasteiger charge is 2.26. The molecule has 0 spiro atoms. The molecule has 1 aliphatic rings. The maximum atomic E-state index is 12.5. The summed E-state index contributed by atoms with van der Waals surface area (Å²) in [6, 6.07) is 0.305. The van der Waals surface area contributed by atoms with Crippen molar-refractivity contribution in [3.05, 3.63) is 35.8 Å². The molecule has 1 saturated carbocycles. The standard InChI is InChI=1S/C18H25N5O3/c1-4-13(3)26-17-15(10-20-18(19)22-17)16(25)21-12(2)6-5-9-23(11-24)14-7-8-14/h5-6,9-11,13-14H,4,7-8H2,1-3H3,(H,21,25)(H2,19,20,22)/b9-5-,12-6+. The van der Waals surface area contributed by atoms with Crippen molar-refractivity contribution in [2.45, 2.75) is 52.2 Å². The van der Waals surface area contributed by atoms with Gasteiger partial charge in [0.05, 0.1) is 6.10 Å². The van der Waals surface area contributed by atoms with Crippen LogP contribution in [0.2, 0.25) is 0 Å². The summed E-state index contributed by atoms with van der Waals surface area (Å²) < 4.78 is 5.67. The number of ether oxygens (including phenoxy) is 1. The van der Waals surface area contributed by atoms with Crippen LogP contribution in [-0.4, -0.2) is 39.3 Å². The van der Waals surface area contributed by atoms with Crippen LogP contribution in [0.15, 0.2) is 30.2 Å². The third-order valence-corrected chi connectivity index (χ3v) is 3.91. The molecule has 2 rings (SSSR count). The predicted octanol–water partition coefficient (Wildman–Crippen LogP) is 2.00. The molecular weight excluding hydrogens is 334 g/mol. The van der Waals surface area contributed by atoms with Gasteiger partial charge in [-0.3, -0.25) is 9.59 Å². The fourth-order valence-corrected chi connectivity index (χ4v) is 2.09. The molecule has 140 valence electrons. The van der Waals surface area contributed by atoms with E-state index in [1.165, 1.54) is 6.20 Å². The molecule has 0 saturated heterocycles. The van der Waals surface area contributed by atoms with Gasteiger partial charge < -0.3 is 20.7 Å². The minimum atomic E-state index is -0.389. The second kappa shape index (κ2) is 8.98. The second-order valence-electron chi connectivity index (χ2n) is 6.21. The van der Waals surface area contributed by atoms with Crippen molar-refractivity contribution in [1.29, 1.82) is 0 Å². The van der Waals surface area contributed by atoms with Crippen LogP contribution in [0.25, 0.3) is 0 Å². The quantitative estimate of drug-likeness (QED) is 0.515. The molecule has 8 heteroatoms. The first-order chi connectivity index (χ1) is 12.4. The molecule has 1 fully saturated rings. The Hall–Kier alpha value is -2.90. The third kappa shape index (κ3) is 5.58.